The van der Waals surface area contributed by atoms with Crippen molar-refractivity contribution < 1.29 is 41.1 Å². The van der Waals surface area contributed by atoms with E-state index in [0.29, 0.717) is 0 Å². The summed E-state index contributed by atoms with van der Waals surface area (Å²) in [6.07, 6.45) is 0. The molecule has 0 saturated carbocycles. The predicted octanol–water partition coefficient (Wildman–Crippen LogP) is 3.95. The van der Waals surface area contributed by atoms with Gasteiger partial charge in [-0.2, -0.15) is 0 Å². The van der Waals surface area contributed by atoms with E-state index in [-0.39, 0.29) is 29.3 Å². The molecule has 0 fully saturated rings. The molecule has 0 aliphatic rings. The Kier molecular flexibility index (Phi) is 5.89. The van der Waals surface area contributed by atoms with Crippen LogP contribution < -0.4 is 15.4 Å². The number of carbonyl (C=O) groups excluding carboxylic acids is 2. The van der Waals surface area contributed by atoms with Crippen molar-refractivity contribution in [3.63, 3.8) is 0 Å². The maximum absolute atomic E-state index is 14.8. The zero-order chi connectivity index (χ0) is 25.9. The lowest BCUT2D eigenvalue weighted by atomic mass is 10.0. The summed E-state index contributed by atoms with van der Waals surface area (Å²) in [6, 6.07) is 5.46. The van der Waals surface area contributed by atoms with Crippen LogP contribution in [0.5, 0.6) is 5.75 Å². The molecule has 168 valence electrons. The van der Waals surface area contributed by atoms with Crippen LogP contribution in [0.1, 0.15) is 24.1 Å². The lowest BCUT2D eigenvalue weighted by Gasteiger charge is -2.14. The molecule has 0 spiro atoms. The van der Waals surface area contributed by atoms with Crippen LogP contribution in [-0.4, -0.2) is 37.1 Å². The number of thiophene rings is 1. The molecular weight excluding hydrogens is 452 g/mol. The number of benzene rings is 2. The van der Waals surface area contributed by atoms with E-state index in [1.807, 2.05) is 0 Å². The molecule has 0 unspecified atom stereocenters. The first-order valence-electron chi connectivity index (χ1n) is 10.4. The van der Waals surface area contributed by atoms with Crippen molar-refractivity contribution in [1.29, 1.82) is 0 Å². The third kappa shape index (κ3) is 4.43. The summed E-state index contributed by atoms with van der Waals surface area (Å²) >= 11 is 0.824. The Morgan fingerprint density at radius 1 is 1.09 bits per heavy atom. The summed E-state index contributed by atoms with van der Waals surface area (Å²) < 4.78 is 85.1. The van der Waals surface area contributed by atoms with Crippen LogP contribution >= 0.6 is 11.3 Å². The topological polar surface area (TPSA) is 87.7 Å². The van der Waals surface area contributed by atoms with E-state index in [0.717, 1.165) is 23.5 Å². The summed E-state index contributed by atoms with van der Waals surface area (Å²) in [4.78, 5) is 24.5. The van der Waals surface area contributed by atoms with Crippen LogP contribution in [0.4, 0.5) is 23.2 Å². The molecular formula is C21H16F4N2O4S. The van der Waals surface area contributed by atoms with Crippen LogP contribution in [0.15, 0.2) is 35.7 Å². The standard InChI is InChI=1S/C21H16F4N2O4S/c1-31-11-4-2-3-10(9-11)13-14(22)16(24)18(17(25)15(13)23)27-20(29)12-5-8-32-19(12)21(30)26-6-7-28/h2-5,8-9,28H,6-7H2,1H3,(H,26,30)(H,27,29)/i1D3. The van der Waals surface area contributed by atoms with Crippen LogP contribution in [-0.2, 0) is 0 Å². The Labute approximate surface area is 187 Å². The van der Waals surface area contributed by atoms with Crippen molar-refractivity contribution in [2.75, 3.05) is 25.5 Å². The minimum atomic E-state index is -2.88. The first-order valence-corrected chi connectivity index (χ1v) is 9.76. The molecule has 1 heterocycles. The van der Waals surface area contributed by atoms with Gasteiger partial charge in [0.05, 0.1) is 28.9 Å². The van der Waals surface area contributed by atoms with E-state index in [1.54, 1.807) is 5.32 Å². The van der Waals surface area contributed by atoms with Crippen molar-refractivity contribution in [2.24, 2.45) is 0 Å². The van der Waals surface area contributed by atoms with Gasteiger partial charge in [0.25, 0.3) is 11.8 Å². The molecule has 6 nitrogen and oxygen atoms in total. The van der Waals surface area contributed by atoms with E-state index in [4.69, 9.17) is 9.22 Å². The van der Waals surface area contributed by atoms with Gasteiger partial charge in [0.15, 0.2) is 23.3 Å². The number of hydrogen-bond donors (Lipinski definition) is 3. The number of ether oxygens (including phenoxy) is 1. The molecule has 3 rings (SSSR count). The minimum Gasteiger partial charge on any atom is -0.497 e. The van der Waals surface area contributed by atoms with Gasteiger partial charge in [0, 0.05) is 6.54 Å². The number of aliphatic hydroxyl groups is 1. The predicted molar refractivity (Wildman–Crippen MR) is 110 cm³/mol. The van der Waals surface area contributed by atoms with Crippen molar-refractivity contribution in [2.45, 2.75) is 0 Å². The van der Waals surface area contributed by atoms with Gasteiger partial charge in [-0.05, 0) is 29.1 Å². The van der Waals surface area contributed by atoms with Gasteiger partial charge >= 0.3 is 0 Å². The Hall–Kier alpha value is -3.44. The van der Waals surface area contributed by atoms with E-state index >= 15 is 0 Å². The highest BCUT2D eigenvalue weighted by Gasteiger charge is 2.29. The fraction of sp³-hybridized carbons (Fsp3) is 0.143. The number of aliphatic hydroxyl groups excluding tert-OH is 1. The van der Waals surface area contributed by atoms with Crippen molar-refractivity contribution in [1.82, 2.24) is 5.32 Å². The highest BCUT2D eigenvalue weighted by atomic mass is 32.1. The highest BCUT2D eigenvalue weighted by Crippen LogP contribution is 2.36. The second-order valence-electron chi connectivity index (χ2n) is 6.23. The van der Waals surface area contributed by atoms with Crippen LogP contribution in [0.2, 0.25) is 0 Å². The largest absolute Gasteiger partial charge is 0.497 e. The van der Waals surface area contributed by atoms with E-state index in [2.05, 4.69) is 10.1 Å². The van der Waals surface area contributed by atoms with Crippen LogP contribution in [0.25, 0.3) is 11.1 Å². The number of rotatable bonds is 7. The number of amides is 2. The lowest BCUT2D eigenvalue weighted by molar-refractivity contribution is 0.0937. The Bertz CT molecular complexity index is 1250. The number of hydrogen-bond acceptors (Lipinski definition) is 5. The molecule has 1 aromatic heterocycles. The zero-order valence-electron chi connectivity index (χ0n) is 19.0. The van der Waals surface area contributed by atoms with Gasteiger partial charge in [0.1, 0.15) is 16.3 Å². The fourth-order valence-electron chi connectivity index (χ4n) is 2.80. The molecule has 0 radical (unpaired) electrons. The molecule has 0 aliphatic carbocycles. The summed E-state index contributed by atoms with van der Waals surface area (Å²) in [7, 11) is -2.88. The number of methoxy groups -OCH3 is 1. The molecule has 2 aromatic carbocycles. The van der Waals surface area contributed by atoms with Crippen molar-refractivity contribution >= 4 is 28.8 Å². The first kappa shape index (κ1) is 19.3. The summed E-state index contributed by atoms with van der Waals surface area (Å²) in [6.45, 7) is -0.483. The van der Waals surface area contributed by atoms with Gasteiger partial charge in [-0.3, -0.25) is 9.59 Å². The van der Waals surface area contributed by atoms with Gasteiger partial charge < -0.3 is 20.5 Å². The van der Waals surface area contributed by atoms with Crippen molar-refractivity contribution in [3.8, 4) is 16.9 Å². The third-order valence-electron chi connectivity index (χ3n) is 4.26. The number of carbonyl (C=O) groups is 2. The van der Waals surface area contributed by atoms with E-state index in [1.165, 1.54) is 23.6 Å². The Morgan fingerprint density at radius 3 is 2.47 bits per heavy atom. The summed E-state index contributed by atoms with van der Waals surface area (Å²) in [5, 5.41) is 14.2. The first-order chi connectivity index (χ1) is 16.4. The Morgan fingerprint density at radius 2 is 1.81 bits per heavy atom. The molecule has 0 aliphatic heterocycles. The van der Waals surface area contributed by atoms with Crippen LogP contribution in [0.3, 0.4) is 0 Å². The molecule has 3 N–H and O–H groups in total. The normalized spacial score (nSPS) is 12.5. The monoisotopic (exact) mass is 471 g/mol. The number of anilines is 1. The average Bonchev–Trinajstić information content (AvgIpc) is 3.28. The van der Waals surface area contributed by atoms with Gasteiger partial charge in [-0.1, -0.05) is 12.1 Å². The summed E-state index contributed by atoms with van der Waals surface area (Å²) in [5.74, 6) is -9.83. The third-order valence-corrected chi connectivity index (χ3v) is 5.17. The second kappa shape index (κ2) is 9.79. The molecule has 3 aromatic rings. The molecule has 0 bridgehead atoms. The number of halogens is 4. The maximum Gasteiger partial charge on any atom is 0.262 e. The van der Waals surface area contributed by atoms with Gasteiger partial charge in [0.2, 0.25) is 0 Å². The molecule has 32 heavy (non-hydrogen) atoms. The molecule has 0 atom stereocenters. The van der Waals surface area contributed by atoms with Crippen LogP contribution in [0, 0.1) is 23.3 Å². The smallest absolute Gasteiger partial charge is 0.262 e. The van der Waals surface area contributed by atoms with E-state index in [9.17, 15) is 27.2 Å². The zero-order valence-corrected chi connectivity index (χ0v) is 16.8. The molecule has 0 saturated heterocycles. The quantitative estimate of drug-likeness (QED) is 0.360. The Balaban J connectivity index is 1.97. The van der Waals surface area contributed by atoms with Crippen molar-refractivity contribution in [3.05, 3.63) is 69.4 Å². The fourth-order valence-corrected chi connectivity index (χ4v) is 3.61. The molecule has 2 amide bonds. The maximum atomic E-state index is 14.8. The second-order valence-corrected chi connectivity index (χ2v) is 7.15. The minimum absolute atomic E-state index is 0.114. The van der Waals surface area contributed by atoms with E-state index < -0.39 is 58.9 Å². The van der Waals surface area contributed by atoms with Gasteiger partial charge in [-0.25, -0.2) is 17.6 Å². The average molecular weight is 471 g/mol. The lowest BCUT2D eigenvalue weighted by Crippen LogP contribution is -2.27. The highest BCUT2D eigenvalue weighted by molar-refractivity contribution is 7.12. The molecule has 11 heteroatoms. The van der Waals surface area contributed by atoms with Gasteiger partial charge in [-0.15, -0.1) is 11.3 Å². The SMILES string of the molecule is [2H]C([2H])([2H])Oc1cccc(-c2c(F)c(F)c(NC(=O)c3ccsc3C(=O)NCCO)c(F)c2F)c1. The number of nitrogens with one attached hydrogen (secondary N) is 2. The summed E-state index contributed by atoms with van der Waals surface area (Å²) in [5.41, 5.74) is -3.30.